The largest absolute Gasteiger partial charge is 0.495 e. The number of rotatable bonds is 4. The molecule has 1 saturated heterocycles. The Balaban J connectivity index is 1.99. The SMILES string of the molecule is COc1cc(OC)c(Cl)c(-c2cc3cnc(Cl)cc3c(N3CCOCC3)n2)c1Cl. The number of morpholine rings is 1. The van der Waals surface area contributed by atoms with Crippen LogP contribution in [0.4, 0.5) is 5.82 Å². The Morgan fingerprint density at radius 2 is 1.62 bits per heavy atom. The highest BCUT2D eigenvalue weighted by Crippen LogP contribution is 2.46. The topological polar surface area (TPSA) is 56.7 Å². The molecule has 1 fully saturated rings. The molecule has 0 saturated carbocycles. The first-order valence-corrected chi connectivity index (χ1v) is 10.1. The Labute approximate surface area is 183 Å². The van der Waals surface area contributed by atoms with Crippen LogP contribution in [0.15, 0.2) is 24.4 Å². The molecule has 3 heterocycles. The van der Waals surface area contributed by atoms with Crippen molar-refractivity contribution in [3.63, 3.8) is 0 Å². The molecule has 0 aliphatic carbocycles. The van der Waals surface area contributed by atoms with Gasteiger partial charge in [0.1, 0.15) is 22.5 Å². The lowest BCUT2D eigenvalue weighted by Gasteiger charge is -2.29. The second kappa shape index (κ2) is 8.40. The number of aromatic nitrogens is 2. The van der Waals surface area contributed by atoms with Gasteiger partial charge in [-0.2, -0.15) is 0 Å². The van der Waals surface area contributed by atoms with Crippen molar-refractivity contribution in [1.82, 2.24) is 9.97 Å². The van der Waals surface area contributed by atoms with Crippen LogP contribution >= 0.6 is 34.8 Å². The second-order valence-electron chi connectivity index (χ2n) is 6.44. The number of ether oxygens (including phenoxy) is 3. The smallest absolute Gasteiger partial charge is 0.141 e. The van der Waals surface area contributed by atoms with Gasteiger partial charge >= 0.3 is 0 Å². The summed E-state index contributed by atoms with van der Waals surface area (Å²) in [6.07, 6.45) is 1.71. The van der Waals surface area contributed by atoms with Crippen LogP contribution in [-0.2, 0) is 4.74 Å². The number of hydrogen-bond acceptors (Lipinski definition) is 6. The summed E-state index contributed by atoms with van der Waals surface area (Å²) in [5.74, 6) is 1.68. The minimum atomic E-state index is 0.361. The maximum atomic E-state index is 6.62. The number of methoxy groups -OCH3 is 2. The minimum absolute atomic E-state index is 0.361. The van der Waals surface area contributed by atoms with Gasteiger partial charge in [-0.15, -0.1) is 0 Å². The van der Waals surface area contributed by atoms with Gasteiger partial charge in [-0.25, -0.2) is 9.97 Å². The van der Waals surface area contributed by atoms with Crippen molar-refractivity contribution < 1.29 is 14.2 Å². The van der Waals surface area contributed by atoms with E-state index < -0.39 is 0 Å². The first kappa shape index (κ1) is 20.3. The van der Waals surface area contributed by atoms with E-state index in [0.717, 1.165) is 16.6 Å². The highest BCUT2D eigenvalue weighted by Gasteiger charge is 2.23. The van der Waals surface area contributed by atoms with Gasteiger partial charge in [-0.3, -0.25) is 0 Å². The number of halogens is 3. The van der Waals surface area contributed by atoms with E-state index in [9.17, 15) is 0 Å². The molecule has 152 valence electrons. The molecule has 0 N–H and O–H groups in total. The molecule has 0 radical (unpaired) electrons. The Morgan fingerprint density at radius 1 is 0.966 bits per heavy atom. The average Bonchev–Trinajstić information content (AvgIpc) is 2.74. The number of anilines is 1. The van der Waals surface area contributed by atoms with Crippen LogP contribution in [0.2, 0.25) is 15.2 Å². The third-order valence-corrected chi connectivity index (χ3v) is 5.76. The van der Waals surface area contributed by atoms with Gasteiger partial charge in [0.15, 0.2) is 0 Å². The minimum Gasteiger partial charge on any atom is -0.495 e. The third kappa shape index (κ3) is 3.78. The summed E-state index contributed by atoms with van der Waals surface area (Å²) < 4.78 is 16.3. The molecule has 1 aromatic carbocycles. The zero-order valence-electron chi connectivity index (χ0n) is 15.8. The van der Waals surface area contributed by atoms with Crippen molar-refractivity contribution in [1.29, 1.82) is 0 Å². The summed E-state index contributed by atoms with van der Waals surface area (Å²) in [6.45, 7) is 2.68. The number of pyridine rings is 2. The lowest BCUT2D eigenvalue weighted by molar-refractivity contribution is 0.122. The van der Waals surface area contributed by atoms with Gasteiger partial charge in [0.25, 0.3) is 0 Å². The van der Waals surface area contributed by atoms with Gasteiger partial charge < -0.3 is 19.1 Å². The van der Waals surface area contributed by atoms with Gasteiger partial charge in [-0.05, 0) is 12.1 Å². The van der Waals surface area contributed by atoms with E-state index in [1.165, 1.54) is 14.2 Å². The average molecular weight is 455 g/mol. The van der Waals surface area contributed by atoms with Crippen molar-refractivity contribution in [3.05, 3.63) is 39.6 Å². The highest BCUT2D eigenvalue weighted by molar-refractivity contribution is 6.41. The quantitative estimate of drug-likeness (QED) is 0.511. The van der Waals surface area contributed by atoms with Gasteiger partial charge in [0.2, 0.25) is 0 Å². The van der Waals surface area contributed by atoms with Crippen LogP contribution in [0, 0.1) is 0 Å². The number of benzene rings is 1. The van der Waals surface area contributed by atoms with Crippen LogP contribution < -0.4 is 14.4 Å². The van der Waals surface area contributed by atoms with Crippen molar-refractivity contribution in [3.8, 4) is 22.8 Å². The van der Waals surface area contributed by atoms with E-state index in [1.54, 1.807) is 12.3 Å². The summed E-state index contributed by atoms with van der Waals surface area (Å²) in [7, 11) is 3.08. The van der Waals surface area contributed by atoms with Crippen LogP contribution in [0.3, 0.4) is 0 Å². The van der Waals surface area contributed by atoms with Gasteiger partial charge in [0.05, 0.1) is 43.2 Å². The molecule has 4 rings (SSSR count). The van der Waals surface area contributed by atoms with E-state index in [4.69, 9.17) is 54.0 Å². The summed E-state index contributed by atoms with van der Waals surface area (Å²) in [5.41, 5.74) is 1.13. The van der Waals surface area contributed by atoms with E-state index >= 15 is 0 Å². The summed E-state index contributed by atoms with van der Waals surface area (Å²) in [5, 5.41) is 2.90. The predicted octanol–water partition coefficient (Wildman–Crippen LogP) is 5.11. The Bertz CT molecular complexity index is 1040. The Hall–Kier alpha value is -1.99. The van der Waals surface area contributed by atoms with Crippen LogP contribution in [0.1, 0.15) is 0 Å². The molecule has 3 aromatic rings. The van der Waals surface area contributed by atoms with E-state index in [0.29, 0.717) is 64.3 Å². The van der Waals surface area contributed by atoms with Gasteiger partial charge in [-0.1, -0.05) is 34.8 Å². The fourth-order valence-electron chi connectivity index (χ4n) is 3.36. The summed E-state index contributed by atoms with van der Waals surface area (Å²) in [6, 6.07) is 5.35. The summed E-state index contributed by atoms with van der Waals surface area (Å²) in [4.78, 5) is 11.3. The fraction of sp³-hybridized carbons (Fsp3) is 0.300. The molecule has 9 heteroatoms. The molecular formula is C20H18Cl3N3O3. The van der Waals surface area contributed by atoms with Crippen LogP contribution in [0.5, 0.6) is 11.5 Å². The maximum absolute atomic E-state index is 6.62. The summed E-state index contributed by atoms with van der Waals surface area (Å²) >= 11 is 19.4. The first-order valence-electron chi connectivity index (χ1n) is 8.92. The van der Waals surface area contributed by atoms with Crippen molar-refractivity contribution in [2.45, 2.75) is 0 Å². The van der Waals surface area contributed by atoms with Crippen molar-refractivity contribution in [2.75, 3.05) is 45.4 Å². The molecule has 0 unspecified atom stereocenters. The molecule has 0 amide bonds. The molecule has 0 atom stereocenters. The fourth-order valence-corrected chi connectivity index (χ4v) is 4.21. The number of nitrogens with zero attached hydrogens (tertiary/aromatic N) is 3. The highest BCUT2D eigenvalue weighted by atomic mass is 35.5. The lowest BCUT2D eigenvalue weighted by Crippen LogP contribution is -2.37. The number of fused-ring (bicyclic) bond motifs is 1. The molecule has 6 nitrogen and oxygen atoms in total. The van der Waals surface area contributed by atoms with E-state index in [1.807, 2.05) is 12.1 Å². The predicted molar refractivity (Wildman–Crippen MR) is 116 cm³/mol. The van der Waals surface area contributed by atoms with Crippen molar-refractivity contribution in [2.24, 2.45) is 0 Å². The normalized spacial score (nSPS) is 14.3. The maximum Gasteiger partial charge on any atom is 0.141 e. The molecule has 1 aliphatic heterocycles. The van der Waals surface area contributed by atoms with E-state index in [-0.39, 0.29) is 0 Å². The van der Waals surface area contributed by atoms with Crippen LogP contribution in [-0.4, -0.2) is 50.5 Å². The third-order valence-electron chi connectivity index (χ3n) is 4.80. The Morgan fingerprint density at radius 3 is 2.24 bits per heavy atom. The standard InChI is InChI=1S/C20H18Cl3N3O3/c1-27-14-9-15(28-2)19(23)17(18(14)22)13-7-11-10-24-16(21)8-12(11)20(25-13)26-3-5-29-6-4-26/h7-10H,3-6H2,1-2H3. The first-order chi connectivity index (χ1) is 14.0. The zero-order valence-corrected chi connectivity index (χ0v) is 18.1. The number of hydrogen-bond donors (Lipinski definition) is 0. The second-order valence-corrected chi connectivity index (χ2v) is 7.59. The van der Waals surface area contributed by atoms with Crippen molar-refractivity contribution >= 4 is 51.4 Å². The van der Waals surface area contributed by atoms with E-state index in [2.05, 4.69) is 9.88 Å². The Kier molecular flexibility index (Phi) is 5.88. The lowest BCUT2D eigenvalue weighted by atomic mass is 10.1. The van der Waals surface area contributed by atoms with Crippen LogP contribution in [0.25, 0.3) is 22.0 Å². The molecule has 0 bridgehead atoms. The molecular weight excluding hydrogens is 437 g/mol. The molecule has 1 aliphatic rings. The zero-order chi connectivity index (χ0) is 20.5. The monoisotopic (exact) mass is 453 g/mol. The molecule has 29 heavy (non-hydrogen) atoms. The van der Waals surface area contributed by atoms with Gasteiger partial charge in [0, 0.05) is 41.7 Å². The molecule has 2 aromatic heterocycles. The molecule has 0 spiro atoms.